The number of ether oxygens (including phenoxy) is 4. The van der Waals surface area contributed by atoms with Gasteiger partial charge in [0, 0.05) is 51.5 Å². The van der Waals surface area contributed by atoms with Crippen molar-refractivity contribution in [1.82, 2.24) is 9.21 Å². The number of benzene rings is 1. The van der Waals surface area contributed by atoms with Crippen molar-refractivity contribution in [3.8, 4) is 11.5 Å². The summed E-state index contributed by atoms with van der Waals surface area (Å²) in [4.78, 5) is 2.51. The highest BCUT2D eigenvalue weighted by atomic mass is 32.2. The van der Waals surface area contributed by atoms with E-state index in [-0.39, 0.29) is 10.9 Å². The zero-order valence-electron chi connectivity index (χ0n) is 16.0. The van der Waals surface area contributed by atoms with Crippen LogP contribution in [0.3, 0.4) is 0 Å². The van der Waals surface area contributed by atoms with Crippen molar-refractivity contribution in [2.75, 3.05) is 65.8 Å². The van der Waals surface area contributed by atoms with E-state index in [0.717, 1.165) is 13.1 Å². The average molecular weight is 413 g/mol. The Bertz CT molecular complexity index is 760. The highest BCUT2D eigenvalue weighted by Crippen LogP contribution is 2.34. The van der Waals surface area contributed by atoms with Crippen LogP contribution in [-0.4, -0.2) is 89.5 Å². The Morgan fingerprint density at radius 1 is 0.929 bits per heavy atom. The molecule has 1 aromatic rings. The van der Waals surface area contributed by atoms with Gasteiger partial charge in [0.25, 0.3) is 0 Å². The molecule has 0 N–H and O–H groups in total. The summed E-state index contributed by atoms with van der Waals surface area (Å²) >= 11 is 0. The molecule has 1 aromatic carbocycles. The first-order valence-corrected chi connectivity index (χ1v) is 11.4. The molecule has 2 fully saturated rings. The minimum absolute atomic E-state index is 0.0482. The van der Waals surface area contributed by atoms with E-state index >= 15 is 0 Å². The van der Waals surface area contributed by atoms with Gasteiger partial charge in [-0.15, -0.1) is 0 Å². The second-order valence-corrected chi connectivity index (χ2v) is 9.11. The van der Waals surface area contributed by atoms with Gasteiger partial charge in [0.05, 0.1) is 18.1 Å². The first-order valence-electron chi connectivity index (χ1n) is 9.94. The van der Waals surface area contributed by atoms with E-state index in [1.165, 1.54) is 0 Å². The summed E-state index contributed by atoms with van der Waals surface area (Å²) in [6, 6.07) is 4.84. The molecule has 0 atom stereocenters. The van der Waals surface area contributed by atoms with Crippen molar-refractivity contribution in [2.45, 2.75) is 23.8 Å². The minimum Gasteiger partial charge on any atom is -0.486 e. The molecular weight excluding hydrogens is 384 g/mol. The third-order valence-electron chi connectivity index (χ3n) is 5.46. The van der Waals surface area contributed by atoms with Crippen LogP contribution in [0.2, 0.25) is 0 Å². The Balaban J connectivity index is 1.56. The summed E-state index contributed by atoms with van der Waals surface area (Å²) in [7, 11) is -3.65. The molecule has 28 heavy (non-hydrogen) atoms. The number of hydrogen-bond donors (Lipinski definition) is 0. The van der Waals surface area contributed by atoms with Gasteiger partial charge in [0.1, 0.15) is 13.2 Å². The highest BCUT2D eigenvalue weighted by Gasteiger charge is 2.33. The summed E-state index contributed by atoms with van der Waals surface area (Å²) in [5, 5.41) is 0. The lowest BCUT2D eigenvalue weighted by Crippen LogP contribution is -2.48. The lowest BCUT2D eigenvalue weighted by molar-refractivity contribution is 0.0291. The summed E-state index contributed by atoms with van der Waals surface area (Å²) in [6.45, 7) is 6.33. The van der Waals surface area contributed by atoms with E-state index in [1.807, 2.05) is 0 Å². The molecule has 9 heteroatoms. The molecule has 0 unspecified atom stereocenters. The molecule has 0 radical (unpaired) electrons. The van der Waals surface area contributed by atoms with Crippen molar-refractivity contribution in [1.29, 1.82) is 0 Å². The predicted octanol–water partition coefficient (Wildman–Crippen LogP) is 0.960. The van der Waals surface area contributed by atoms with Crippen LogP contribution in [0.4, 0.5) is 0 Å². The number of nitrogens with zero attached hydrogens (tertiary/aromatic N) is 2. The molecular formula is C19H28N2O6S. The summed E-state index contributed by atoms with van der Waals surface area (Å²) in [5.41, 5.74) is 0. The van der Waals surface area contributed by atoms with E-state index < -0.39 is 10.0 Å². The minimum atomic E-state index is -3.65. The third-order valence-corrected chi connectivity index (χ3v) is 7.41. The number of sulfonamides is 1. The van der Waals surface area contributed by atoms with Crippen LogP contribution in [0, 0.1) is 0 Å². The maximum atomic E-state index is 13.5. The van der Waals surface area contributed by atoms with Gasteiger partial charge in [-0.25, -0.2) is 8.42 Å². The van der Waals surface area contributed by atoms with Gasteiger partial charge < -0.3 is 18.9 Å². The molecule has 2 saturated heterocycles. The molecule has 0 spiro atoms. The summed E-state index contributed by atoms with van der Waals surface area (Å²) in [5.74, 6) is 1.09. The van der Waals surface area contributed by atoms with E-state index in [9.17, 15) is 8.42 Å². The van der Waals surface area contributed by atoms with Gasteiger partial charge in [-0.05, 0) is 25.0 Å². The normalized spacial score (nSPS) is 21.8. The van der Waals surface area contributed by atoms with Crippen molar-refractivity contribution < 1.29 is 27.4 Å². The number of morpholine rings is 1. The van der Waals surface area contributed by atoms with Crippen LogP contribution in [-0.2, 0) is 19.5 Å². The van der Waals surface area contributed by atoms with Crippen LogP contribution in [0.1, 0.15) is 12.8 Å². The SMILES string of the molecule is O=S(=O)(c1ccc2c(c1)OCCO2)N(CCN1CCOCC1)C1CCOCC1. The molecule has 0 saturated carbocycles. The molecule has 4 rings (SSSR count). The van der Waals surface area contributed by atoms with Gasteiger partial charge >= 0.3 is 0 Å². The lowest BCUT2D eigenvalue weighted by Gasteiger charge is -2.35. The fourth-order valence-electron chi connectivity index (χ4n) is 3.86. The molecule has 3 aliphatic rings. The molecule has 3 heterocycles. The second-order valence-electron chi connectivity index (χ2n) is 7.22. The van der Waals surface area contributed by atoms with Crippen LogP contribution >= 0.6 is 0 Å². The number of hydrogen-bond acceptors (Lipinski definition) is 7. The molecule has 0 aliphatic carbocycles. The first-order chi connectivity index (χ1) is 13.6. The monoisotopic (exact) mass is 412 g/mol. The quantitative estimate of drug-likeness (QED) is 0.689. The Kier molecular flexibility index (Phi) is 6.37. The van der Waals surface area contributed by atoms with Crippen LogP contribution in [0.5, 0.6) is 11.5 Å². The first kappa shape index (κ1) is 19.9. The third kappa shape index (κ3) is 4.44. The van der Waals surface area contributed by atoms with Crippen LogP contribution < -0.4 is 9.47 Å². The zero-order chi connectivity index (χ0) is 19.4. The Morgan fingerprint density at radius 3 is 2.36 bits per heavy atom. The highest BCUT2D eigenvalue weighted by molar-refractivity contribution is 7.89. The van der Waals surface area contributed by atoms with Crippen molar-refractivity contribution >= 4 is 10.0 Å². The summed E-state index contributed by atoms with van der Waals surface area (Å²) < 4.78 is 50.7. The number of fused-ring (bicyclic) bond motifs is 1. The van der Waals surface area contributed by atoms with Crippen molar-refractivity contribution in [2.24, 2.45) is 0 Å². The van der Waals surface area contributed by atoms with Crippen LogP contribution in [0.25, 0.3) is 0 Å². The maximum absolute atomic E-state index is 13.5. The van der Waals surface area contributed by atoms with E-state index in [4.69, 9.17) is 18.9 Å². The predicted molar refractivity (Wildman–Crippen MR) is 102 cm³/mol. The Hall–Kier alpha value is -1.39. The fraction of sp³-hybridized carbons (Fsp3) is 0.684. The molecule has 0 amide bonds. The smallest absolute Gasteiger partial charge is 0.243 e. The molecule has 3 aliphatic heterocycles. The van der Waals surface area contributed by atoms with Gasteiger partial charge in [0.2, 0.25) is 10.0 Å². The van der Waals surface area contributed by atoms with Crippen molar-refractivity contribution in [3.05, 3.63) is 18.2 Å². The van der Waals surface area contributed by atoms with Crippen molar-refractivity contribution in [3.63, 3.8) is 0 Å². The molecule has 8 nitrogen and oxygen atoms in total. The largest absolute Gasteiger partial charge is 0.486 e. The molecule has 0 bridgehead atoms. The standard InChI is InChI=1S/C19H28N2O6S/c22-28(23,17-1-2-18-19(15-17)27-14-13-26-18)21(16-3-9-24-10-4-16)6-5-20-7-11-25-12-8-20/h1-2,15-16H,3-14H2. The van der Waals surface area contributed by atoms with Gasteiger partial charge in [-0.2, -0.15) is 4.31 Å². The second kappa shape index (κ2) is 8.96. The van der Waals surface area contributed by atoms with Crippen LogP contribution in [0.15, 0.2) is 23.1 Å². The van der Waals surface area contributed by atoms with E-state index in [1.54, 1.807) is 22.5 Å². The summed E-state index contributed by atoms with van der Waals surface area (Å²) in [6.07, 6.45) is 1.43. The zero-order valence-corrected chi connectivity index (χ0v) is 16.9. The van der Waals surface area contributed by atoms with Gasteiger partial charge in [-0.1, -0.05) is 0 Å². The Morgan fingerprint density at radius 2 is 1.61 bits per heavy atom. The van der Waals surface area contributed by atoms with E-state index in [2.05, 4.69) is 4.90 Å². The maximum Gasteiger partial charge on any atom is 0.243 e. The van der Waals surface area contributed by atoms with Gasteiger partial charge in [-0.3, -0.25) is 4.90 Å². The molecule has 0 aromatic heterocycles. The lowest BCUT2D eigenvalue weighted by atomic mass is 10.1. The fourth-order valence-corrected chi connectivity index (χ4v) is 5.55. The van der Waals surface area contributed by atoms with Gasteiger partial charge in [0.15, 0.2) is 11.5 Å². The number of rotatable bonds is 6. The average Bonchev–Trinajstić information content (AvgIpc) is 2.75. The van der Waals surface area contributed by atoms with E-state index in [0.29, 0.717) is 77.1 Å². The molecule has 156 valence electrons. The topological polar surface area (TPSA) is 77.5 Å². The Labute approximate surface area is 166 Å².